The lowest BCUT2D eigenvalue weighted by atomic mass is 10.3. The molecule has 1 heterocycles. The van der Waals surface area contributed by atoms with E-state index in [0.29, 0.717) is 0 Å². The van der Waals surface area contributed by atoms with Crippen LogP contribution in [0.2, 0.25) is 0 Å². The Morgan fingerprint density at radius 1 is 1.58 bits per heavy atom. The summed E-state index contributed by atoms with van der Waals surface area (Å²) in [5, 5.41) is 0. The van der Waals surface area contributed by atoms with Crippen LogP contribution in [0.5, 0.6) is 0 Å². The van der Waals surface area contributed by atoms with E-state index < -0.39 is 0 Å². The maximum absolute atomic E-state index is 4.13. The highest BCUT2D eigenvalue weighted by Crippen LogP contribution is 2.15. The Hall–Kier alpha value is -1.38. The molecule has 1 aromatic heterocycles. The average Bonchev–Trinajstić information content (AvgIpc) is 2.37. The molecular weight excluding hydrogens is 150 g/mol. The Kier molecular flexibility index (Phi) is 2.80. The molecule has 1 aromatic rings. The number of rotatable bonds is 2. The van der Waals surface area contributed by atoms with Gasteiger partial charge in [-0.2, -0.15) is 0 Å². The second-order valence-electron chi connectivity index (χ2n) is 2.75. The number of nitrogens with one attached hydrogen (secondary N) is 1. The van der Waals surface area contributed by atoms with E-state index in [1.807, 2.05) is 26.8 Å². The molecule has 0 atom stereocenters. The lowest BCUT2D eigenvalue weighted by Gasteiger charge is -1.90. The highest BCUT2D eigenvalue weighted by molar-refractivity contribution is 5.65. The average molecular weight is 163 g/mol. The van der Waals surface area contributed by atoms with Gasteiger partial charge in [0.15, 0.2) is 5.82 Å². The molecule has 3 heteroatoms. The third kappa shape index (κ3) is 2.05. The van der Waals surface area contributed by atoms with Gasteiger partial charge in [0.2, 0.25) is 0 Å². The summed E-state index contributed by atoms with van der Waals surface area (Å²) >= 11 is 0. The molecular formula is C9H13N3. The highest BCUT2D eigenvalue weighted by Gasteiger charge is 1.98. The van der Waals surface area contributed by atoms with Crippen molar-refractivity contribution in [3.63, 3.8) is 0 Å². The number of H-pyrrole nitrogens is 1. The van der Waals surface area contributed by atoms with Gasteiger partial charge in [-0.05, 0) is 26.8 Å². The van der Waals surface area contributed by atoms with E-state index in [0.717, 1.165) is 11.5 Å². The van der Waals surface area contributed by atoms with Crippen LogP contribution in [0.1, 0.15) is 26.5 Å². The van der Waals surface area contributed by atoms with E-state index in [-0.39, 0.29) is 0 Å². The molecule has 0 aromatic carbocycles. The first-order valence-electron chi connectivity index (χ1n) is 3.91. The van der Waals surface area contributed by atoms with Gasteiger partial charge in [-0.15, -0.1) is 0 Å². The van der Waals surface area contributed by atoms with Crippen LogP contribution >= 0.6 is 0 Å². The van der Waals surface area contributed by atoms with Crippen LogP contribution in [0.4, 0.5) is 5.82 Å². The van der Waals surface area contributed by atoms with Crippen molar-refractivity contribution in [3.8, 4) is 0 Å². The Morgan fingerprint density at radius 2 is 2.33 bits per heavy atom. The van der Waals surface area contributed by atoms with Gasteiger partial charge in [0, 0.05) is 6.21 Å². The van der Waals surface area contributed by atoms with Crippen molar-refractivity contribution in [2.75, 3.05) is 0 Å². The lowest BCUT2D eigenvalue weighted by Crippen LogP contribution is -1.73. The molecule has 1 rings (SSSR count). The van der Waals surface area contributed by atoms with E-state index >= 15 is 0 Å². The van der Waals surface area contributed by atoms with Crippen LogP contribution in [0.15, 0.2) is 16.9 Å². The van der Waals surface area contributed by atoms with Crippen LogP contribution < -0.4 is 0 Å². The number of aromatic amines is 1. The number of imidazole rings is 1. The number of nitrogens with zero attached hydrogens (tertiary/aromatic N) is 2. The molecule has 3 nitrogen and oxygen atoms in total. The SMILES string of the molecule is C/C=N\c1[nH]cnc1C=C(C)C. The second kappa shape index (κ2) is 3.85. The van der Waals surface area contributed by atoms with Gasteiger partial charge in [-0.1, -0.05) is 5.57 Å². The summed E-state index contributed by atoms with van der Waals surface area (Å²) in [6.45, 7) is 5.95. The first kappa shape index (κ1) is 8.71. The minimum atomic E-state index is 0.818. The van der Waals surface area contributed by atoms with Crippen molar-refractivity contribution < 1.29 is 0 Å². The third-order valence-electron chi connectivity index (χ3n) is 1.33. The van der Waals surface area contributed by atoms with Crippen LogP contribution in [0, 0.1) is 0 Å². The number of hydrogen-bond donors (Lipinski definition) is 1. The Morgan fingerprint density at radius 3 is 2.92 bits per heavy atom. The fourth-order valence-corrected chi connectivity index (χ4v) is 0.910. The van der Waals surface area contributed by atoms with E-state index in [1.165, 1.54) is 5.57 Å². The topological polar surface area (TPSA) is 41.0 Å². The summed E-state index contributed by atoms with van der Waals surface area (Å²) in [5.41, 5.74) is 2.11. The molecule has 1 N–H and O–H groups in total. The molecule has 0 saturated heterocycles. The van der Waals surface area contributed by atoms with Gasteiger partial charge in [0.25, 0.3) is 0 Å². The standard InChI is InChI=1S/C9H13N3/c1-4-10-9-8(5-7(2)3)11-6-12-9/h4-6H,1-3H3,(H,11,12)/b10-4-. The predicted molar refractivity (Wildman–Crippen MR) is 51.7 cm³/mol. The third-order valence-corrected chi connectivity index (χ3v) is 1.33. The lowest BCUT2D eigenvalue weighted by molar-refractivity contribution is 1.29. The number of allylic oxidation sites excluding steroid dienone is 1. The van der Waals surface area contributed by atoms with Crippen molar-refractivity contribution in [2.45, 2.75) is 20.8 Å². The minimum Gasteiger partial charge on any atom is -0.329 e. The van der Waals surface area contributed by atoms with E-state index in [4.69, 9.17) is 0 Å². The molecule has 64 valence electrons. The summed E-state index contributed by atoms with van der Waals surface area (Å²) in [6.07, 6.45) is 5.39. The number of aromatic nitrogens is 2. The maximum atomic E-state index is 4.13. The van der Waals surface area contributed by atoms with Crippen molar-refractivity contribution in [2.24, 2.45) is 4.99 Å². The summed E-state index contributed by atoms with van der Waals surface area (Å²) in [4.78, 5) is 11.2. The van der Waals surface area contributed by atoms with E-state index in [2.05, 4.69) is 15.0 Å². The second-order valence-corrected chi connectivity index (χ2v) is 2.75. The normalized spacial score (nSPS) is 10.6. The predicted octanol–water partition coefficient (Wildman–Crippen LogP) is 2.56. The summed E-state index contributed by atoms with van der Waals surface area (Å²) in [5.74, 6) is 0.818. The molecule has 12 heavy (non-hydrogen) atoms. The van der Waals surface area contributed by atoms with Crippen molar-refractivity contribution in [1.29, 1.82) is 0 Å². The minimum absolute atomic E-state index is 0.818. The Bertz CT molecular complexity index is 303. The molecule has 0 spiro atoms. The summed E-state index contributed by atoms with van der Waals surface area (Å²) in [6, 6.07) is 0. The fourth-order valence-electron chi connectivity index (χ4n) is 0.910. The van der Waals surface area contributed by atoms with Gasteiger partial charge in [0.05, 0.1) is 6.33 Å². The molecule has 0 aliphatic carbocycles. The van der Waals surface area contributed by atoms with Gasteiger partial charge in [-0.25, -0.2) is 9.98 Å². The Labute approximate surface area is 72.3 Å². The number of hydrogen-bond acceptors (Lipinski definition) is 2. The van der Waals surface area contributed by atoms with Gasteiger partial charge in [0.1, 0.15) is 5.69 Å². The molecule has 0 aliphatic rings. The van der Waals surface area contributed by atoms with Crippen molar-refractivity contribution >= 4 is 18.1 Å². The number of aliphatic imine (C=N–C) groups is 1. The molecule has 0 amide bonds. The summed E-state index contributed by atoms with van der Waals surface area (Å²) in [7, 11) is 0. The maximum Gasteiger partial charge on any atom is 0.156 e. The zero-order chi connectivity index (χ0) is 8.97. The Balaban J connectivity index is 2.99. The monoisotopic (exact) mass is 163 g/mol. The summed E-state index contributed by atoms with van der Waals surface area (Å²) < 4.78 is 0. The van der Waals surface area contributed by atoms with Crippen LogP contribution in [-0.2, 0) is 0 Å². The van der Waals surface area contributed by atoms with Gasteiger partial charge in [-0.3, -0.25) is 0 Å². The van der Waals surface area contributed by atoms with E-state index in [9.17, 15) is 0 Å². The zero-order valence-electron chi connectivity index (χ0n) is 7.63. The van der Waals surface area contributed by atoms with Crippen molar-refractivity contribution in [1.82, 2.24) is 9.97 Å². The molecule has 0 fully saturated rings. The van der Waals surface area contributed by atoms with Crippen LogP contribution in [0.25, 0.3) is 6.08 Å². The molecule has 0 saturated carbocycles. The quantitative estimate of drug-likeness (QED) is 0.669. The van der Waals surface area contributed by atoms with E-state index in [1.54, 1.807) is 12.5 Å². The molecule has 0 bridgehead atoms. The fraction of sp³-hybridized carbons (Fsp3) is 0.333. The largest absolute Gasteiger partial charge is 0.329 e. The highest BCUT2D eigenvalue weighted by atomic mass is 15.0. The first-order chi connectivity index (χ1) is 5.74. The van der Waals surface area contributed by atoms with Crippen LogP contribution in [-0.4, -0.2) is 16.2 Å². The smallest absolute Gasteiger partial charge is 0.156 e. The zero-order valence-corrected chi connectivity index (χ0v) is 7.63. The molecule has 0 radical (unpaired) electrons. The molecule has 0 aliphatic heterocycles. The van der Waals surface area contributed by atoms with Crippen molar-refractivity contribution in [3.05, 3.63) is 17.6 Å². The molecule has 0 unspecified atom stereocenters. The van der Waals surface area contributed by atoms with Gasteiger partial charge < -0.3 is 4.98 Å². The van der Waals surface area contributed by atoms with Gasteiger partial charge >= 0.3 is 0 Å². The first-order valence-corrected chi connectivity index (χ1v) is 3.91. The van der Waals surface area contributed by atoms with Crippen LogP contribution in [0.3, 0.4) is 0 Å².